The van der Waals surface area contributed by atoms with Crippen molar-refractivity contribution in [3.8, 4) is 6.07 Å². The smallest absolute Gasteiger partial charge is 0.101 e. The molecule has 0 aliphatic rings. The first-order valence-corrected chi connectivity index (χ1v) is 6.01. The molecule has 0 bridgehead atoms. The molecule has 0 fully saturated rings. The van der Waals surface area contributed by atoms with Crippen LogP contribution in [-0.2, 0) is 6.54 Å². The van der Waals surface area contributed by atoms with E-state index < -0.39 is 0 Å². The van der Waals surface area contributed by atoms with E-state index in [1.807, 2.05) is 42.1 Å². The average Bonchev–Trinajstić information content (AvgIpc) is 2.89. The molecule has 0 amide bonds. The molecule has 0 saturated heterocycles. The molecule has 0 aliphatic carbocycles. The van der Waals surface area contributed by atoms with Crippen molar-refractivity contribution in [1.29, 1.82) is 5.26 Å². The minimum absolute atomic E-state index is 0.703. The van der Waals surface area contributed by atoms with Crippen molar-refractivity contribution in [1.82, 2.24) is 9.78 Å². The molecule has 2 aromatic rings. The zero-order valence-electron chi connectivity index (χ0n) is 10.4. The van der Waals surface area contributed by atoms with Crippen LogP contribution in [0.25, 0.3) is 0 Å². The van der Waals surface area contributed by atoms with Gasteiger partial charge in [-0.15, -0.1) is 0 Å². The van der Waals surface area contributed by atoms with Crippen LogP contribution in [0.2, 0.25) is 0 Å². The Balaban J connectivity index is 1.85. The molecule has 4 nitrogen and oxygen atoms in total. The predicted molar refractivity (Wildman–Crippen MR) is 71.2 cm³/mol. The van der Waals surface area contributed by atoms with E-state index in [9.17, 15) is 0 Å². The van der Waals surface area contributed by atoms with E-state index in [0.29, 0.717) is 5.56 Å². The summed E-state index contributed by atoms with van der Waals surface area (Å²) < 4.78 is 1.90. The van der Waals surface area contributed by atoms with Gasteiger partial charge in [0.05, 0.1) is 11.3 Å². The average molecular weight is 240 g/mol. The largest absolute Gasteiger partial charge is 0.384 e. The molecule has 1 aromatic carbocycles. The maximum Gasteiger partial charge on any atom is 0.101 e. The number of anilines is 1. The lowest BCUT2D eigenvalue weighted by Crippen LogP contribution is -2.08. The second-order valence-electron chi connectivity index (χ2n) is 4.21. The second-order valence-corrected chi connectivity index (χ2v) is 4.21. The van der Waals surface area contributed by atoms with Crippen molar-refractivity contribution in [2.75, 3.05) is 11.9 Å². The molecule has 0 unspecified atom stereocenters. The van der Waals surface area contributed by atoms with E-state index in [1.54, 1.807) is 6.20 Å². The summed E-state index contributed by atoms with van der Waals surface area (Å²) in [6.07, 6.45) is 4.70. The summed E-state index contributed by atoms with van der Waals surface area (Å²) in [5.41, 5.74) is 2.71. The Hall–Kier alpha value is -2.28. The van der Waals surface area contributed by atoms with Crippen molar-refractivity contribution in [2.24, 2.45) is 0 Å². The van der Waals surface area contributed by atoms with Crippen LogP contribution in [0.5, 0.6) is 0 Å². The Morgan fingerprint density at radius 3 is 3.06 bits per heavy atom. The fourth-order valence-corrected chi connectivity index (χ4v) is 1.80. The van der Waals surface area contributed by atoms with Gasteiger partial charge in [-0.25, -0.2) is 0 Å². The molecular formula is C14H16N4. The fraction of sp³-hybridized carbons (Fsp3) is 0.286. The number of aryl methyl sites for hydroxylation is 2. The number of benzene rings is 1. The van der Waals surface area contributed by atoms with Crippen LogP contribution < -0.4 is 5.32 Å². The molecule has 0 radical (unpaired) electrons. The summed E-state index contributed by atoms with van der Waals surface area (Å²) in [4.78, 5) is 0. The van der Waals surface area contributed by atoms with E-state index in [1.165, 1.54) is 0 Å². The highest BCUT2D eigenvalue weighted by atomic mass is 15.3. The number of rotatable bonds is 5. The third-order valence-corrected chi connectivity index (χ3v) is 2.73. The Kier molecular flexibility index (Phi) is 3.98. The van der Waals surface area contributed by atoms with Gasteiger partial charge in [-0.05, 0) is 37.1 Å². The van der Waals surface area contributed by atoms with Gasteiger partial charge < -0.3 is 5.32 Å². The molecule has 0 spiro atoms. The van der Waals surface area contributed by atoms with Crippen LogP contribution in [0.15, 0.2) is 36.7 Å². The highest BCUT2D eigenvalue weighted by molar-refractivity contribution is 5.58. The van der Waals surface area contributed by atoms with Crippen molar-refractivity contribution in [3.05, 3.63) is 47.8 Å². The van der Waals surface area contributed by atoms with Gasteiger partial charge in [0.15, 0.2) is 0 Å². The second kappa shape index (κ2) is 5.87. The quantitative estimate of drug-likeness (QED) is 0.817. The van der Waals surface area contributed by atoms with Gasteiger partial charge in [-0.3, -0.25) is 4.68 Å². The van der Waals surface area contributed by atoms with Crippen LogP contribution in [0.3, 0.4) is 0 Å². The van der Waals surface area contributed by atoms with Gasteiger partial charge in [-0.2, -0.15) is 10.4 Å². The van der Waals surface area contributed by atoms with Crippen LogP contribution in [0.1, 0.15) is 17.5 Å². The van der Waals surface area contributed by atoms with Gasteiger partial charge in [0.2, 0.25) is 0 Å². The minimum atomic E-state index is 0.703. The standard InChI is InChI=1S/C14H16N4/c1-12-4-5-14(13(10-12)11-15)16-6-2-8-18-9-3-7-17-18/h3-5,7,9-10,16H,2,6,8H2,1H3. The van der Waals surface area contributed by atoms with Crippen molar-refractivity contribution in [2.45, 2.75) is 19.9 Å². The molecule has 1 heterocycles. The lowest BCUT2D eigenvalue weighted by molar-refractivity contribution is 0.592. The molecule has 4 heteroatoms. The van der Waals surface area contributed by atoms with Gasteiger partial charge in [-0.1, -0.05) is 6.07 Å². The molecule has 92 valence electrons. The predicted octanol–water partition coefficient (Wildman–Crippen LogP) is 2.57. The summed E-state index contributed by atoms with van der Waals surface area (Å²) in [5.74, 6) is 0. The highest BCUT2D eigenvalue weighted by Gasteiger charge is 2.01. The number of hydrogen-bond acceptors (Lipinski definition) is 3. The zero-order chi connectivity index (χ0) is 12.8. The van der Waals surface area contributed by atoms with Gasteiger partial charge >= 0.3 is 0 Å². The van der Waals surface area contributed by atoms with E-state index in [4.69, 9.17) is 5.26 Å². The molecule has 1 N–H and O–H groups in total. The lowest BCUT2D eigenvalue weighted by atomic mass is 10.1. The fourth-order valence-electron chi connectivity index (χ4n) is 1.80. The van der Waals surface area contributed by atoms with Crippen LogP contribution in [-0.4, -0.2) is 16.3 Å². The lowest BCUT2D eigenvalue weighted by Gasteiger charge is -2.08. The van der Waals surface area contributed by atoms with Gasteiger partial charge in [0, 0.05) is 25.5 Å². The third-order valence-electron chi connectivity index (χ3n) is 2.73. The molecule has 0 atom stereocenters. The van der Waals surface area contributed by atoms with E-state index >= 15 is 0 Å². The summed E-state index contributed by atoms with van der Waals surface area (Å²) in [6, 6.07) is 10.00. The first-order chi connectivity index (χ1) is 8.79. The SMILES string of the molecule is Cc1ccc(NCCCn2cccn2)c(C#N)c1. The van der Waals surface area contributed by atoms with E-state index in [-0.39, 0.29) is 0 Å². The van der Waals surface area contributed by atoms with Crippen molar-refractivity contribution >= 4 is 5.69 Å². The Morgan fingerprint density at radius 1 is 1.44 bits per heavy atom. The summed E-state index contributed by atoms with van der Waals surface area (Å²) >= 11 is 0. The molecule has 1 aromatic heterocycles. The van der Waals surface area contributed by atoms with Gasteiger partial charge in [0.25, 0.3) is 0 Å². The molecular weight excluding hydrogens is 224 g/mol. The topological polar surface area (TPSA) is 53.6 Å². The number of aromatic nitrogens is 2. The number of hydrogen-bond donors (Lipinski definition) is 1. The van der Waals surface area contributed by atoms with Gasteiger partial charge in [0.1, 0.15) is 6.07 Å². The van der Waals surface area contributed by atoms with E-state index in [0.717, 1.165) is 30.8 Å². The highest BCUT2D eigenvalue weighted by Crippen LogP contribution is 2.16. The Bertz CT molecular complexity index is 537. The van der Waals surface area contributed by atoms with Crippen LogP contribution >= 0.6 is 0 Å². The van der Waals surface area contributed by atoms with E-state index in [2.05, 4.69) is 16.5 Å². The normalized spacial score (nSPS) is 10.0. The first kappa shape index (κ1) is 12.2. The maximum absolute atomic E-state index is 9.05. The molecule has 2 rings (SSSR count). The van der Waals surface area contributed by atoms with Crippen LogP contribution in [0.4, 0.5) is 5.69 Å². The first-order valence-electron chi connectivity index (χ1n) is 6.01. The number of nitriles is 1. The number of nitrogens with one attached hydrogen (secondary N) is 1. The molecule has 18 heavy (non-hydrogen) atoms. The summed E-state index contributed by atoms with van der Waals surface area (Å²) in [5, 5.41) is 16.5. The van der Waals surface area contributed by atoms with Crippen LogP contribution in [0, 0.1) is 18.3 Å². The summed E-state index contributed by atoms with van der Waals surface area (Å²) in [6.45, 7) is 3.70. The van der Waals surface area contributed by atoms with Crippen molar-refractivity contribution < 1.29 is 0 Å². The minimum Gasteiger partial charge on any atom is -0.384 e. The molecule has 0 saturated carbocycles. The third kappa shape index (κ3) is 3.11. The maximum atomic E-state index is 9.05. The Morgan fingerprint density at radius 2 is 2.33 bits per heavy atom. The Labute approximate surface area is 107 Å². The zero-order valence-corrected chi connectivity index (χ0v) is 10.4. The van der Waals surface area contributed by atoms with Crippen molar-refractivity contribution in [3.63, 3.8) is 0 Å². The molecule has 0 aliphatic heterocycles. The monoisotopic (exact) mass is 240 g/mol. The number of nitrogens with zero attached hydrogens (tertiary/aromatic N) is 3. The summed E-state index contributed by atoms with van der Waals surface area (Å²) in [7, 11) is 0.